The molecule has 0 spiro atoms. The van der Waals surface area contributed by atoms with Crippen LogP contribution in [0.15, 0.2) is 24.3 Å². The number of aliphatic carboxylic acids is 1. The number of aliphatic hydroxyl groups excluding tert-OH is 2. The quantitative estimate of drug-likeness (QED) is 0.601. The van der Waals surface area contributed by atoms with Crippen molar-refractivity contribution < 1.29 is 24.5 Å². The third-order valence-electron chi connectivity index (χ3n) is 2.96. The molecule has 5 nitrogen and oxygen atoms in total. The van der Waals surface area contributed by atoms with Crippen LogP contribution in [0.25, 0.3) is 0 Å². The number of hydrogen-bond acceptors (Lipinski definition) is 4. The van der Waals surface area contributed by atoms with Gasteiger partial charge in [0.2, 0.25) is 0 Å². The Hall–Kier alpha value is -1.50. The van der Waals surface area contributed by atoms with E-state index in [1.807, 2.05) is 0 Å². The molecule has 0 saturated carbocycles. The van der Waals surface area contributed by atoms with Crippen LogP contribution >= 0.6 is 0 Å². The zero-order valence-corrected chi connectivity index (χ0v) is 11.5. The summed E-state index contributed by atoms with van der Waals surface area (Å²) in [6.07, 6.45) is -1.43. The predicted octanol–water partition coefficient (Wildman–Crippen LogP) is 1.06. The van der Waals surface area contributed by atoms with Crippen LogP contribution in [0.3, 0.4) is 0 Å². The summed E-state index contributed by atoms with van der Waals surface area (Å²) in [6.45, 7) is 3.18. The van der Waals surface area contributed by atoms with Crippen molar-refractivity contribution in [1.82, 2.24) is 5.32 Å². The molecular weight excluding hydrogens is 265 g/mol. The van der Waals surface area contributed by atoms with Crippen LogP contribution in [-0.4, -0.2) is 39.5 Å². The largest absolute Gasteiger partial charge is 0.481 e. The van der Waals surface area contributed by atoms with Gasteiger partial charge in [0, 0.05) is 11.6 Å². The molecule has 1 aromatic carbocycles. The number of benzene rings is 1. The topological polar surface area (TPSA) is 89.8 Å². The third-order valence-corrected chi connectivity index (χ3v) is 2.96. The van der Waals surface area contributed by atoms with Crippen LogP contribution in [0, 0.1) is 5.82 Å². The van der Waals surface area contributed by atoms with Crippen molar-refractivity contribution in [2.45, 2.75) is 38.0 Å². The second-order valence-corrected chi connectivity index (χ2v) is 5.39. The van der Waals surface area contributed by atoms with Crippen molar-refractivity contribution in [3.05, 3.63) is 35.6 Å². The summed E-state index contributed by atoms with van der Waals surface area (Å²) >= 11 is 0. The van der Waals surface area contributed by atoms with Crippen molar-refractivity contribution >= 4 is 5.97 Å². The van der Waals surface area contributed by atoms with Crippen LogP contribution in [0.4, 0.5) is 4.39 Å². The Balaban J connectivity index is 2.91. The molecule has 112 valence electrons. The molecule has 1 rings (SSSR count). The molecule has 0 amide bonds. The van der Waals surface area contributed by atoms with Gasteiger partial charge in [0.25, 0.3) is 0 Å². The SMILES string of the molecule is CC(C)(CO)NC(CC(=O)O)C(O)c1ccc(F)cc1. The minimum absolute atomic E-state index is 0.209. The summed E-state index contributed by atoms with van der Waals surface area (Å²) < 4.78 is 12.9. The summed E-state index contributed by atoms with van der Waals surface area (Å²) in [7, 11) is 0. The highest BCUT2D eigenvalue weighted by Gasteiger charge is 2.29. The Bertz CT molecular complexity index is 447. The molecule has 4 N–H and O–H groups in total. The fraction of sp³-hybridized carbons (Fsp3) is 0.500. The molecule has 0 aliphatic heterocycles. The lowest BCUT2D eigenvalue weighted by molar-refractivity contribution is -0.138. The zero-order valence-electron chi connectivity index (χ0n) is 11.5. The van der Waals surface area contributed by atoms with E-state index < -0.39 is 29.5 Å². The molecule has 0 saturated heterocycles. The summed E-state index contributed by atoms with van der Waals surface area (Å²) in [6, 6.07) is 4.42. The van der Waals surface area contributed by atoms with E-state index in [0.29, 0.717) is 5.56 Å². The number of carboxylic acids is 1. The lowest BCUT2D eigenvalue weighted by atomic mass is 9.96. The van der Waals surface area contributed by atoms with Gasteiger partial charge in [0.1, 0.15) is 5.82 Å². The molecule has 2 unspecified atom stereocenters. The first-order valence-corrected chi connectivity index (χ1v) is 6.29. The van der Waals surface area contributed by atoms with E-state index in [1.54, 1.807) is 13.8 Å². The van der Waals surface area contributed by atoms with Crippen LogP contribution in [0.2, 0.25) is 0 Å². The first-order chi connectivity index (χ1) is 9.25. The molecule has 2 atom stereocenters. The van der Waals surface area contributed by atoms with Gasteiger partial charge in [-0.2, -0.15) is 0 Å². The molecule has 0 bridgehead atoms. The average Bonchev–Trinajstić information content (AvgIpc) is 2.37. The molecule has 0 radical (unpaired) electrons. The molecule has 1 aromatic rings. The Labute approximate surface area is 117 Å². The zero-order chi connectivity index (χ0) is 15.3. The van der Waals surface area contributed by atoms with Gasteiger partial charge in [-0.25, -0.2) is 4.39 Å². The van der Waals surface area contributed by atoms with E-state index >= 15 is 0 Å². The number of aliphatic hydroxyl groups is 2. The first kappa shape index (κ1) is 16.6. The van der Waals surface area contributed by atoms with Crippen molar-refractivity contribution in [2.24, 2.45) is 0 Å². The molecule has 20 heavy (non-hydrogen) atoms. The first-order valence-electron chi connectivity index (χ1n) is 6.29. The molecule has 0 fully saturated rings. The van der Waals surface area contributed by atoms with Crippen molar-refractivity contribution in [2.75, 3.05) is 6.61 Å². The smallest absolute Gasteiger partial charge is 0.305 e. The Morgan fingerprint density at radius 1 is 1.35 bits per heavy atom. The average molecular weight is 285 g/mol. The van der Waals surface area contributed by atoms with Crippen LogP contribution in [-0.2, 0) is 4.79 Å². The fourth-order valence-corrected chi connectivity index (χ4v) is 1.87. The molecular formula is C14H20FNO4. The highest BCUT2D eigenvalue weighted by atomic mass is 19.1. The Kier molecular flexibility index (Phi) is 5.62. The summed E-state index contributed by atoms with van der Waals surface area (Å²) in [4.78, 5) is 10.9. The van der Waals surface area contributed by atoms with E-state index in [-0.39, 0.29) is 13.0 Å². The monoisotopic (exact) mass is 285 g/mol. The minimum atomic E-state index is -1.11. The number of halogens is 1. The second-order valence-electron chi connectivity index (χ2n) is 5.39. The second kappa shape index (κ2) is 6.78. The summed E-state index contributed by atoms with van der Waals surface area (Å²) in [5, 5.41) is 31.3. The van der Waals surface area contributed by atoms with Crippen molar-refractivity contribution in [3.8, 4) is 0 Å². The third kappa shape index (κ3) is 4.88. The van der Waals surface area contributed by atoms with E-state index in [4.69, 9.17) is 5.11 Å². The van der Waals surface area contributed by atoms with Crippen molar-refractivity contribution in [1.29, 1.82) is 0 Å². The van der Waals surface area contributed by atoms with E-state index in [2.05, 4.69) is 5.32 Å². The lowest BCUT2D eigenvalue weighted by Crippen LogP contribution is -2.51. The Morgan fingerprint density at radius 2 is 1.90 bits per heavy atom. The highest BCUT2D eigenvalue weighted by Crippen LogP contribution is 2.21. The van der Waals surface area contributed by atoms with E-state index in [9.17, 15) is 19.4 Å². The lowest BCUT2D eigenvalue weighted by Gasteiger charge is -2.32. The number of nitrogens with one attached hydrogen (secondary N) is 1. The minimum Gasteiger partial charge on any atom is -0.481 e. The molecule has 6 heteroatoms. The van der Waals surface area contributed by atoms with Crippen LogP contribution in [0.1, 0.15) is 31.9 Å². The number of hydrogen-bond donors (Lipinski definition) is 4. The maximum atomic E-state index is 12.9. The summed E-state index contributed by atoms with van der Waals surface area (Å²) in [5.74, 6) is -1.50. The van der Waals surface area contributed by atoms with Gasteiger partial charge in [-0.1, -0.05) is 12.1 Å². The van der Waals surface area contributed by atoms with Crippen LogP contribution in [0.5, 0.6) is 0 Å². The molecule has 0 aliphatic carbocycles. The highest BCUT2D eigenvalue weighted by molar-refractivity contribution is 5.67. The van der Waals surface area contributed by atoms with Gasteiger partial charge in [-0.3, -0.25) is 4.79 Å². The van der Waals surface area contributed by atoms with E-state index in [0.717, 1.165) is 0 Å². The molecule has 0 heterocycles. The van der Waals surface area contributed by atoms with Gasteiger partial charge in [0.05, 0.1) is 19.1 Å². The summed E-state index contributed by atoms with van der Waals surface area (Å²) in [5.41, 5.74) is -0.319. The normalized spacial score (nSPS) is 14.8. The predicted molar refractivity (Wildman–Crippen MR) is 71.7 cm³/mol. The number of rotatable bonds is 7. The van der Waals surface area contributed by atoms with Gasteiger partial charge < -0.3 is 20.6 Å². The maximum Gasteiger partial charge on any atom is 0.305 e. The molecule has 0 aromatic heterocycles. The van der Waals surface area contributed by atoms with E-state index in [1.165, 1.54) is 24.3 Å². The fourth-order valence-electron chi connectivity index (χ4n) is 1.87. The van der Waals surface area contributed by atoms with Gasteiger partial charge in [-0.05, 0) is 31.5 Å². The maximum absolute atomic E-state index is 12.9. The number of carbonyl (C=O) groups is 1. The van der Waals surface area contributed by atoms with Crippen molar-refractivity contribution in [3.63, 3.8) is 0 Å². The Morgan fingerprint density at radius 3 is 2.35 bits per heavy atom. The standard InChI is InChI=1S/C14H20FNO4/c1-14(2,8-17)16-11(7-12(18)19)13(20)9-3-5-10(15)6-4-9/h3-6,11,13,16-17,20H,7-8H2,1-2H3,(H,18,19). The van der Waals surface area contributed by atoms with Gasteiger partial charge >= 0.3 is 5.97 Å². The van der Waals surface area contributed by atoms with Gasteiger partial charge in [-0.15, -0.1) is 0 Å². The number of carboxylic acid groups (broad SMARTS) is 1. The molecule has 0 aliphatic rings. The van der Waals surface area contributed by atoms with Crippen LogP contribution < -0.4 is 5.32 Å². The van der Waals surface area contributed by atoms with Gasteiger partial charge in [0.15, 0.2) is 0 Å².